The molecule has 0 saturated carbocycles. The van der Waals surface area contributed by atoms with Gasteiger partial charge in [-0.05, 0) is 42.5 Å². The van der Waals surface area contributed by atoms with Crippen LogP contribution in [0.25, 0.3) is 10.9 Å². The van der Waals surface area contributed by atoms with Gasteiger partial charge in [0.25, 0.3) is 0 Å². The van der Waals surface area contributed by atoms with Crippen LogP contribution in [0.15, 0.2) is 84.9 Å². The van der Waals surface area contributed by atoms with Gasteiger partial charge in [0.05, 0.1) is 0 Å². The summed E-state index contributed by atoms with van der Waals surface area (Å²) in [6.45, 7) is 3.29. The standard InChI is InChI=1S/C24H23N/c1-19-23(18-21-12-6-3-7-13-21)22-14-8-9-15-24(22)25(19)17-16-20-10-4-2-5-11-20/h2-15H,16-18H2,1H3. The summed E-state index contributed by atoms with van der Waals surface area (Å²) >= 11 is 0. The second kappa shape index (κ2) is 6.98. The highest BCUT2D eigenvalue weighted by molar-refractivity contribution is 5.85. The Bertz CT molecular complexity index is 965. The molecule has 0 N–H and O–H groups in total. The monoisotopic (exact) mass is 325 g/mol. The summed E-state index contributed by atoms with van der Waals surface area (Å²) in [6, 6.07) is 30.3. The maximum absolute atomic E-state index is 2.49. The fraction of sp³-hybridized carbons (Fsp3) is 0.167. The predicted molar refractivity (Wildman–Crippen MR) is 106 cm³/mol. The Labute approximate surface area is 149 Å². The van der Waals surface area contributed by atoms with Crippen molar-refractivity contribution in [2.75, 3.05) is 0 Å². The maximum atomic E-state index is 2.49. The van der Waals surface area contributed by atoms with Crippen molar-refractivity contribution in [1.29, 1.82) is 0 Å². The van der Waals surface area contributed by atoms with Crippen LogP contribution in [0.4, 0.5) is 0 Å². The molecule has 0 saturated heterocycles. The Kier molecular flexibility index (Phi) is 4.39. The molecule has 4 rings (SSSR count). The van der Waals surface area contributed by atoms with E-state index in [4.69, 9.17) is 0 Å². The number of benzene rings is 3. The SMILES string of the molecule is Cc1c(Cc2ccccc2)c2ccccc2n1CCc1ccccc1. The molecule has 0 spiro atoms. The average Bonchev–Trinajstić information content (AvgIpc) is 2.93. The normalized spacial score (nSPS) is 11.1. The molecule has 1 heteroatoms. The summed E-state index contributed by atoms with van der Waals surface area (Å²) in [5.41, 5.74) is 6.96. The molecule has 124 valence electrons. The molecule has 0 aliphatic heterocycles. The van der Waals surface area contributed by atoms with Crippen LogP contribution >= 0.6 is 0 Å². The molecule has 0 radical (unpaired) electrons. The summed E-state index contributed by atoms with van der Waals surface area (Å²) in [5, 5.41) is 1.39. The van der Waals surface area contributed by atoms with Crippen LogP contribution in [0.2, 0.25) is 0 Å². The lowest BCUT2D eigenvalue weighted by Gasteiger charge is -2.09. The molecule has 4 aromatic rings. The lowest BCUT2D eigenvalue weighted by atomic mass is 10.0. The predicted octanol–water partition coefficient (Wildman–Crippen LogP) is 5.78. The molecule has 0 aliphatic rings. The number of aryl methyl sites for hydroxylation is 2. The third-order valence-electron chi connectivity index (χ3n) is 5.05. The number of nitrogens with zero attached hydrogens (tertiary/aromatic N) is 1. The molecule has 1 aromatic heterocycles. The van der Waals surface area contributed by atoms with Gasteiger partial charge in [-0.1, -0.05) is 78.9 Å². The van der Waals surface area contributed by atoms with E-state index in [-0.39, 0.29) is 0 Å². The van der Waals surface area contributed by atoms with Gasteiger partial charge < -0.3 is 4.57 Å². The largest absolute Gasteiger partial charge is 0.344 e. The zero-order chi connectivity index (χ0) is 17.1. The van der Waals surface area contributed by atoms with Crippen molar-refractivity contribution in [2.45, 2.75) is 26.3 Å². The van der Waals surface area contributed by atoms with E-state index < -0.39 is 0 Å². The molecule has 0 aliphatic carbocycles. The highest BCUT2D eigenvalue weighted by Gasteiger charge is 2.13. The van der Waals surface area contributed by atoms with Gasteiger partial charge in [0.2, 0.25) is 0 Å². The molecule has 1 heterocycles. The number of fused-ring (bicyclic) bond motifs is 1. The maximum Gasteiger partial charge on any atom is 0.0485 e. The van der Waals surface area contributed by atoms with Gasteiger partial charge in [-0.15, -0.1) is 0 Å². The first-order valence-electron chi connectivity index (χ1n) is 8.97. The van der Waals surface area contributed by atoms with E-state index in [1.54, 1.807) is 0 Å². The van der Waals surface area contributed by atoms with Crippen molar-refractivity contribution >= 4 is 10.9 Å². The van der Waals surface area contributed by atoms with Gasteiger partial charge in [0, 0.05) is 23.1 Å². The molecule has 0 bridgehead atoms. The molecule has 0 atom stereocenters. The lowest BCUT2D eigenvalue weighted by molar-refractivity contribution is 0.700. The van der Waals surface area contributed by atoms with Gasteiger partial charge >= 0.3 is 0 Å². The molecule has 25 heavy (non-hydrogen) atoms. The van der Waals surface area contributed by atoms with E-state index in [1.165, 1.54) is 33.3 Å². The van der Waals surface area contributed by atoms with Crippen LogP contribution in [-0.2, 0) is 19.4 Å². The first-order chi connectivity index (χ1) is 12.3. The third-order valence-corrected chi connectivity index (χ3v) is 5.05. The molecule has 3 aromatic carbocycles. The molecule has 0 fully saturated rings. The summed E-state index contributed by atoms with van der Waals surface area (Å²) < 4.78 is 2.49. The van der Waals surface area contributed by atoms with E-state index in [0.29, 0.717) is 0 Å². The summed E-state index contributed by atoms with van der Waals surface area (Å²) in [4.78, 5) is 0. The van der Waals surface area contributed by atoms with E-state index in [2.05, 4.69) is 96.4 Å². The van der Waals surface area contributed by atoms with E-state index >= 15 is 0 Å². The van der Waals surface area contributed by atoms with Crippen LogP contribution in [0.1, 0.15) is 22.4 Å². The first kappa shape index (κ1) is 15.7. The summed E-state index contributed by atoms with van der Waals surface area (Å²) in [5.74, 6) is 0. The third kappa shape index (κ3) is 3.23. The van der Waals surface area contributed by atoms with Gasteiger partial charge in [0.15, 0.2) is 0 Å². The van der Waals surface area contributed by atoms with Gasteiger partial charge in [-0.25, -0.2) is 0 Å². The number of hydrogen-bond donors (Lipinski definition) is 0. The van der Waals surface area contributed by atoms with Gasteiger partial charge in [-0.3, -0.25) is 0 Å². The minimum absolute atomic E-state index is 0.992. The van der Waals surface area contributed by atoms with E-state index in [1.807, 2.05) is 0 Å². The van der Waals surface area contributed by atoms with Gasteiger partial charge in [0.1, 0.15) is 0 Å². The quantitative estimate of drug-likeness (QED) is 0.438. The smallest absolute Gasteiger partial charge is 0.0485 e. The number of aromatic nitrogens is 1. The van der Waals surface area contributed by atoms with Crippen LogP contribution < -0.4 is 0 Å². The van der Waals surface area contributed by atoms with Crippen LogP contribution in [0.3, 0.4) is 0 Å². The zero-order valence-electron chi connectivity index (χ0n) is 14.7. The summed E-state index contributed by atoms with van der Waals surface area (Å²) in [6.07, 6.45) is 2.05. The van der Waals surface area contributed by atoms with E-state index in [0.717, 1.165) is 19.4 Å². The molecule has 0 amide bonds. The zero-order valence-corrected chi connectivity index (χ0v) is 14.7. The van der Waals surface area contributed by atoms with Crippen molar-refractivity contribution in [2.24, 2.45) is 0 Å². The second-order valence-electron chi connectivity index (χ2n) is 6.63. The summed E-state index contributed by atoms with van der Waals surface area (Å²) in [7, 11) is 0. The topological polar surface area (TPSA) is 4.93 Å². The van der Waals surface area contributed by atoms with Crippen molar-refractivity contribution in [3.63, 3.8) is 0 Å². The Balaban J connectivity index is 1.71. The van der Waals surface area contributed by atoms with Gasteiger partial charge in [-0.2, -0.15) is 0 Å². The van der Waals surface area contributed by atoms with Crippen molar-refractivity contribution in [3.05, 3.63) is 107 Å². The Morgan fingerprint density at radius 2 is 1.28 bits per heavy atom. The van der Waals surface area contributed by atoms with Crippen LogP contribution in [0.5, 0.6) is 0 Å². The molecular formula is C24H23N. The Hall–Kier alpha value is -2.80. The fourth-order valence-electron chi connectivity index (χ4n) is 3.70. The van der Waals surface area contributed by atoms with Crippen LogP contribution in [-0.4, -0.2) is 4.57 Å². The molecule has 0 unspecified atom stereocenters. The number of para-hydroxylation sites is 1. The van der Waals surface area contributed by atoms with Crippen molar-refractivity contribution in [3.8, 4) is 0 Å². The number of rotatable bonds is 5. The second-order valence-corrected chi connectivity index (χ2v) is 6.63. The average molecular weight is 325 g/mol. The number of hydrogen-bond acceptors (Lipinski definition) is 0. The fourth-order valence-corrected chi connectivity index (χ4v) is 3.70. The highest BCUT2D eigenvalue weighted by Crippen LogP contribution is 2.28. The molecule has 1 nitrogen and oxygen atoms in total. The minimum Gasteiger partial charge on any atom is -0.344 e. The minimum atomic E-state index is 0.992. The molecular weight excluding hydrogens is 302 g/mol. The van der Waals surface area contributed by atoms with Crippen molar-refractivity contribution in [1.82, 2.24) is 4.57 Å². The Morgan fingerprint density at radius 1 is 0.680 bits per heavy atom. The Morgan fingerprint density at radius 3 is 2.00 bits per heavy atom. The lowest BCUT2D eigenvalue weighted by Crippen LogP contribution is -2.04. The highest BCUT2D eigenvalue weighted by atomic mass is 15.0. The van der Waals surface area contributed by atoms with Crippen LogP contribution in [0, 0.1) is 6.92 Å². The van der Waals surface area contributed by atoms with E-state index in [9.17, 15) is 0 Å². The van der Waals surface area contributed by atoms with Crippen molar-refractivity contribution < 1.29 is 0 Å². The first-order valence-corrected chi connectivity index (χ1v) is 8.97.